The third-order valence-electron chi connectivity index (χ3n) is 3.98. The molecule has 2 aliphatic heterocycles. The van der Waals surface area contributed by atoms with Gasteiger partial charge in [-0.25, -0.2) is 4.79 Å². The Morgan fingerprint density at radius 1 is 1.43 bits per heavy atom. The Bertz CT molecular complexity index is 624. The van der Waals surface area contributed by atoms with Gasteiger partial charge in [0.05, 0.1) is 13.7 Å². The van der Waals surface area contributed by atoms with Gasteiger partial charge in [0, 0.05) is 30.6 Å². The van der Waals surface area contributed by atoms with Gasteiger partial charge in [-0.3, -0.25) is 14.6 Å². The molecule has 1 aromatic heterocycles. The van der Waals surface area contributed by atoms with Gasteiger partial charge in [-0.1, -0.05) is 6.07 Å². The first-order valence-electron chi connectivity index (χ1n) is 7.31. The molecular formula is C15H17N3O4S. The molecule has 2 fully saturated rings. The molecule has 3 rings (SSSR count). The zero-order valence-electron chi connectivity index (χ0n) is 12.7. The van der Waals surface area contributed by atoms with Crippen LogP contribution in [0.1, 0.15) is 5.69 Å². The van der Waals surface area contributed by atoms with Gasteiger partial charge in [0.1, 0.15) is 6.04 Å². The molecule has 7 nitrogen and oxygen atoms in total. The standard InChI is InChI=1S/C15H17N3O4S/c1-22-15(21)14-18-11(9-23-14)13(20)17(8-12(18)19)7-5-10-4-2-3-6-16-10/h2-4,6,11,14H,5,7-9H2,1H3/t11-,14+/m0/s1. The van der Waals surface area contributed by atoms with E-state index in [4.69, 9.17) is 4.74 Å². The molecule has 0 aromatic carbocycles. The van der Waals surface area contributed by atoms with Crippen molar-refractivity contribution in [2.75, 3.05) is 26.0 Å². The van der Waals surface area contributed by atoms with Gasteiger partial charge in [0.15, 0.2) is 5.37 Å². The molecular weight excluding hydrogens is 318 g/mol. The zero-order chi connectivity index (χ0) is 16.4. The Morgan fingerprint density at radius 3 is 2.96 bits per heavy atom. The van der Waals surface area contributed by atoms with E-state index in [0.29, 0.717) is 18.7 Å². The van der Waals surface area contributed by atoms with Crippen LogP contribution in [0, 0.1) is 0 Å². The van der Waals surface area contributed by atoms with Crippen LogP contribution in [0.3, 0.4) is 0 Å². The maximum absolute atomic E-state index is 12.6. The van der Waals surface area contributed by atoms with E-state index in [0.717, 1.165) is 5.69 Å². The highest BCUT2D eigenvalue weighted by Gasteiger charge is 2.50. The van der Waals surface area contributed by atoms with Crippen LogP contribution in [-0.2, 0) is 25.5 Å². The number of thioether (sulfide) groups is 1. The minimum atomic E-state index is -0.709. The molecule has 8 heteroatoms. The lowest BCUT2D eigenvalue weighted by Gasteiger charge is -2.37. The predicted octanol–water partition coefficient (Wildman–Crippen LogP) is -0.0906. The smallest absolute Gasteiger partial charge is 0.339 e. The molecule has 0 spiro atoms. The average Bonchev–Trinajstić information content (AvgIpc) is 3.03. The number of hydrogen-bond donors (Lipinski definition) is 0. The molecule has 0 unspecified atom stereocenters. The van der Waals surface area contributed by atoms with Crippen molar-refractivity contribution >= 4 is 29.5 Å². The van der Waals surface area contributed by atoms with Gasteiger partial charge >= 0.3 is 5.97 Å². The van der Waals surface area contributed by atoms with Crippen molar-refractivity contribution in [3.05, 3.63) is 30.1 Å². The van der Waals surface area contributed by atoms with Crippen molar-refractivity contribution < 1.29 is 19.1 Å². The Balaban J connectivity index is 1.68. The number of nitrogens with zero attached hydrogens (tertiary/aromatic N) is 3. The summed E-state index contributed by atoms with van der Waals surface area (Å²) in [5.41, 5.74) is 0.878. The SMILES string of the molecule is COC(=O)[C@H]1SC[C@H]2C(=O)N(CCc3ccccn3)CC(=O)N12. The maximum Gasteiger partial charge on any atom is 0.339 e. The maximum atomic E-state index is 12.6. The number of fused-ring (bicyclic) bond motifs is 1. The predicted molar refractivity (Wildman–Crippen MR) is 83.4 cm³/mol. The van der Waals surface area contributed by atoms with Crippen molar-refractivity contribution in [3.8, 4) is 0 Å². The first-order chi connectivity index (χ1) is 11.1. The molecule has 2 atom stereocenters. The summed E-state index contributed by atoms with van der Waals surface area (Å²) >= 11 is 1.28. The van der Waals surface area contributed by atoms with Crippen LogP contribution in [0.5, 0.6) is 0 Å². The van der Waals surface area contributed by atoms with E-state index >= 15 is 0 Å². The first-order valence-corrected chi connectivity index (χ1v) is 8.36. The molecule has 3 heterocycles. The largest absolute Gasteiger partial charge is 0.467 e. The highest BCUT2D eigenvalue weighted by Crippen LogP contribution is 2.33. The summed E-state index contributed by atoms with van der Waals surface area (Å²) in [5, 5.41) is -0.709. The van der Waals surface area contributed by atoms with Crippen molar-refractivity contribution in [2.24, 2.45) is 0 Å². The second-order valence-electron chi connectivity index (χ2n) is 5.36. The molecule has 122 valence electrons. The van der Waals surface area contributed by atoms with E-state index in [2.05, 4.69) is 4.98 Å². The Kier molecular flexibility index (Phi) is 4.51. The molecule has 0 saturated carbocycles. The molecule has 0 N–H and O–H groups in total. The van der Waals surface area contributed by atoms with E-state index in [1.54, 1.807) is 11.1 Å². The summed E-state index contributed by atoms with van der Waals surface area (Å²) in [6, 6.07) is 5.04. The van der Waals surface area contributed by atoms with E-state index in [-0.39, 0.29) is 18.4 Å². The van der Waals surface area contributed by atoms with Crippen LogP contribution in [0.2, 0.25) is 0 Å². The number of ether oxygens (including phenoxy) is 1. The van der Waals surface area contributed by atoms with Gasteiger partial charge in [0.25, 0.3) is 0 Å². The minimum Gasteiger partial charge on any atom is -0.467 e. The van der Waals surface area contributed by atoms with Gasteiger partial charge in [-0.2, -0.15) is 0 Å². The van der Waals surface area contributed by atoms with Gasteiger partial charge in [0.2, 0.25) is 11.8 Å². The number of methoxy groups -OCH3 is 1. The van der Waals surface area contributed by atoms with E-state index in [1.807, 2.05) is 18.2 Å². The van der Waals surface area contributed by atoms with E-state index in [1.165, 1.54) is 23.8 Å². The van der Waals surface area contributed by atoms with Gasteiger partial charge < -0.3 is 14.5 Å². The number of piperazine rings is 1. The third kappa shape index (κ3) is 3.03. The Morgan fingerprint density at radius 2 is 2.26 bits per heavy atom. The lowest BCUT2D eigenvalue weighted by atomic mass is 10.1. The van der Waals surface area contributed by atoms with Gasteiger partial charge in [-0.15, -0.1) is 11.8 Å². The fourth-order valence-corrected chi connectivity index (χ4v) is 4.13. The number of carbonyl (C=O) groups is 3. The first kappa shape index (κ1) is 15.8. The van der Waals surface area contributed by atoms with Crippen molar-refractivity contribution in [1.82, 2.24) is 14.8 Å². The molecule has 2 saturated heterocycles. The van der Waals surface area contributed by atoms with Crippen molar-refractivity contribution in [2.45, 2.75) is 17.8 Å². The molecule has 0 aliphatic carbocycles. The summed E-state index contributed by atoms with van der Waals surface area (Å²) in [5.74, 6) is -0.388. The lowest BCUT2D eigenvalue weighted by Crippen LogP contribution is -2.61. The Hall–Kier alpha value is -2.09. The molecule has 0 bridgehead atoms. The van der Waals surface area contributed by atoms with Gasteiger partial charge in [-0.05, 0) is 12.1 Å². The quantitative estimate of drug-likeness (QED) is 0.716. The zero-order valence-corrected chi connectivity index (χ0v) is 13.5. The fraction of sp³-hybridized carbons (Fsp3) is 0.467. The van der Waals surface area contributed by atoms with E-state index < -0.39 is 17.4 Å². The number of esters is 1. The number of hydrogen-bond acceptors (Lipinski definition) is 6. The van der Waals surface area contributed by atoms with Crippen molar-refractivity contribution in [3.63, 3.8) is 0 Å². The van der Waals surface area contributed by atoms with Crippen molar-refractivity contribution in [1.29, 1.82) is 0 Å². The van der Waals surface area contributed by atoms with Crippen LogP contribution >= 0.6 is 11.8 Å². The van der Waals surface area contributed by atoms with Crippen LogP contribution in [0.4, 0.5) is 0 Å². The normalized spacial score (nSPS) is 23.9. The monoisotopic (exact) mass is 335 g/mol. The summed E-state index contributed by atoms with van der Waals surface area (Å²) in [6.45, 7) is 0.440. The highest BCUT2D eigenvalue weighted by atomic mass is 32.2. The average molecular weight is 335 g/mol. The minimum absolute atomic E-state index is 0.00375. The second kappa shape index (κ2) is 6.57. The molecule has 0 radical (unpaired) electrons. The van der Waals surface area contributed by atoms with Crippen LogP contribution in [0.25, 0.3) is 0 Å². The summed E-state index contributed by atoms with van der Waals surface area (Å²) in [6.07, 6.45) is 2.30. The van der Waals surface area contributed by atoms with Crippen LogP contribution in [-0.4, -0.2) is 69.9 Å². The fourth-order valence-electron chi connectivity index (χ4n) is 2.80. The number of amides is 2. The van der Waals surface area contributed by atoms with Crippen LogP contribution < -0.4 is 0 Å². The number of carbonyl (C=O) groups excluding carboxylic acids is 3. The van der Waals surface area contributed by atoms with E-state index in [9.17, 15) is 14.4 Å². The summed E-state index contributed by atoms with van der Waals surface area (Å²) in [4.78, 5) is 43.8. The molecule has 2 amide bonds. The second-order valence-corrected chi connectivity index (χ2v) is 6.47. The number of rotatable bonds is 4. The Labute approximate surface area is 138 Å². The lowest BCUT2D eigenvalue weighted by molar-refractivity contribution is -0.159. The third-order valence-corrected chi connectivity index (χ3v) is 5.22. The van der Waals surface area contributed by atoms with Crippen LogP contribution in [0.15, 0.2) is 24.4 Å². The molecule has 2 aliphatic rings. The topological polar surface area (TPSA) is 79.8 Å². The number of aromatic nitrogens is 1. The molecule has 23 heavy (non-hydrogen) atoms. The highest BCUT2D eigenvalue weighted by molar-refractivity contribution is 8.00. The molecule has 1 aromatic rings. The summed E-state index contributed by atoms with van der Waals surface area (Å²) in [7, 11) is 1.28. The number of pyridine rings is 1. The summed E-state index contributed by atoms with van der Waals surface area (Å²) < 4.78 is 4.71.